The summed E-state index contributed by atoms with van der Waals surface area (Å²) in [5.41, 5.74) is 2.21. The van der Waals surface area contributed by atoms with Gasteiger partial charge in [0.15, 0.2) is 0 Å². The number of rotatable bonds is 3. The number of carbonyl (C=O) groups excluding carboxylic acids is 1. The van der Waals surface area contributed by atoms with Gasteiger partial charge in [-0.05, 0) is 48.6 Å². The molecule has 0 bridgehead atoms. The van der Waals surface area contributed by atoms with E-state index in [2.05, 4.69) is 27.4 Å². The summed E-state index contributed by atoms with van der Waals surface area (Å²) in [5, 5.41) is 2.88. The number of nitrogens with zero attached hydrogens (tertiary/aromatic N) is 2. The van der Waals surface area contributed by atoms with Crippen LogP contribution < -0.4 is 0 Å². The number of carbonyl (C=O) groups is 1. The fraction of sp³-hybridized carbons (Fsp3) is 0.350. The number of H-pyrrole nitrogens is 1. The number of thiophene rings is 1. The maximum Gasteiger partial charge on any atom is 0.270 e. The molecule has 0 radical (unpaired) electrons. The van der Waals surface area contributed by atoms with Crippen LogP contribution in [0.2, 0.25) is 0 Å². The Kier molecular flexibility index (Phi) is 4.78. The lowest BCUT2D eigenvalue weighted by Crippen LogP contribution is -2.35. The normalized spacial score (nSPS) is 16.2. The molecule has 26 heavy (non-hydrogen) atoms. The van der Waals surface area contributed by atoms with Crippen LogP contribution in [0.5, 0.6) is 0 Å². The second kappa shape index (κ2) is 7.21. The number of hydrogen-bond acceptors (Lipinski definition) is 3. The molecule has 3 aromatic rings. The van der Waals surface area contributed by atoms with Crippen LogP contribution in [0.25, 0.3) is 10.9 Å². The summed E-state index contributed by atoms with van der Waals surface area (Å²) < 4.78 is 13.5. The van der Waals surface area contributed by atoms with Crippen molar-refractivity contribution in [2.24, 2.45) is 0 Å². The van der Waals surface area contributed by atoms with Gasteiger partial charge >= 0.3 is 0 Å². The van der Waals surface area contributed by atoms with Gasteiger partial charge in [-0.25, -0.2) is 4.39 Å². The number of aryl methyl sites for hydroxylation is 1. The van der Waals surface area contributed by atoms with Gasteiger partial charge in [-0.15, -0.1) is 11.3 Å². The Balaban J connectivity index is 1.49. The van der Waals surface area contributed by atoms with Crippen molar-refractivity contribution in [2.75, 3.05) is 26.2 Å². The van der Waals surface area contributed by atoms with Crippen molar-refractivity contribution in [1.29, 1.82) is 0 Å². The van der Waals surface area contributed by atoms with E-state index in [1.807, 2.05) is 11.8 Å². The SMILES string of the molecule is Cc1c(C(=O)N2CCCN(Cc3cccs3)CC2)[nH]c2ccc(F)cc12. The monoisotopic (exact) mass is 371 g/mol. The summed E-state index contributed by atoms with van der Waals surface area (Å²) in [7, 11) is 0. The highest BCUT2D eigenvalue weighted by molar-refractivity contribution is 7.09. The molecule has 1 N–H and O–H groups in total. The maximum atomic E-state index is 13.5. The molecule has 0 atom stereocenters. The smallest absolute Gasteiger partial charge is 0.270 e. The van der Waals surface area contributed by atoms with Crippen LogP contribution in [-0.4, -0.2) is 46.9 Å². The van der Waals surface area contributed by atoms with Gasteiger partial charge < -0.3 is 9.88 Å². The molecule has 136 valence electrons. The molecule has 0 aliphatic carbocycles. The van der Waals surface area contributed by atoms with E-state index in [0.29, 0.717) is 12.2 Å². The molecular weight excluding hydrogens is 349 g/mol. The number of aromatic nitrogens is 1. The summed E-state index contributed by atoms with van der Waals surface area (Å²) >= 11 is 1.77. The zero-order chi connectivity index (χ0) is 18.1. The molecule has 1 amide bonds. The van der Waals surface area contributed by atoms with E-state index >= 15 is 0 Å². The molecule has 1 aromatic carbocycles. The second-order valence-electron chi connectivity index (χ2n) is 6.82. The molecule has 0 saturated carbocycles. The number of aromatic amines is 1. The first-order chi connectivity index (χ1) is 12.6. The largest absolute Gasteiger partial charge is 0.350 e. The Morgan fingerprint density at radius 1 is 1.23 bits per heavy atom. The lowest BCUT2D eigenvalue weighted by molar-refractivity contribution is 0.0755. The third-order valence-electron chi connectivity index (χ3n) is 5.07. The van der Waals surface area contributed by atoms with Crippen LogP contribution in [-0.2, 0) is 6.54 Å². The molecule has 1 aliphatic rings. The topological polar surface area (TPSA) is 39.3 Å². The Morgan fingerprint density at radius 3 is 2.92 bits per heavy atom. The first kappa shape index (κ1) is 17.2. The minimum atomic E-state index is -0.280. The van der Waals surface area contributed by atoms with Crippen LogP contribution in [0, 0.1) is 12.7 Å². The quantitative estimate of drug-likeness (QED) is 0.755. The Labute approximate surface area is 156 Å². The second-order valence-corrected chi connectivity index (χ2v) is 7.85. The van der Waals surface area contributed by atoms with Gasteiger partial charge in [0.1, 0.15) is 11.5 Å². The van der Waals surface area contributed by atoms with Crippen molar-refractivity contribution < 1.29 is 9.18 Å². The Morgan fingerprint density at radius 2 is 2.12 bits per heavy atom. The van der Waals surface area contributed by atoms with E-state index in [1.165, 1.54) is 17.0 Å². The van der Waals surface area contributed by atoms with Gasteiger partial charge in [-0.1, -0.05) is 6.07 Å². The van der Waals surface area contributed by atoms with E-state index in [1.54, 1.807) is 17.4 Å². The fourth-order valence-electron chi connectivity index (χ4n) is 3.63. The van der Waals surface area contributed by atoms with Gasteiger partial charge in [0.2, 0.25) is 0 Å². The number of hydrogen-bond donors (Lipinski definition) is 1. The van der Waals surface area contributed by atoms with E-state index in [-0.39, 0.29) is 11.7 Å². The van der Waals surface area contributed by atoms with Crippen molar-refractivity contribution in [3.8, 4) is 0 Å². The summed E-state index contributed by atoms with van der Waals surface area (Å²) in [6.45, 7) is 6.17. The molecule has 6 heteroatoms. The highest BCUT2D eigenvalue weighted by Crippen LogP contribution is 2.24. The summed E-state index contributed by atoms with van der Waals surface area (Å²) in [4.78, 5) is 21.9. The highest BCUT2D eigenvalue weighted by Gasteiger charge is 2.24. The molecule has 0 unspecified atom stereocenters. The zero-order valence-electron chi connectivity index (χ0n) is 14.8. The molecule has 1 aliphatic heterocycles. The van der Waals surface area contributed by atoms with Gasteiger partial charge in [0, 0.05) is 48.5 Å². The first-order valence-electron chi connectivity index (χ1n) is 8.93. The molecule has 2 aromatic heterocycles. The number of halogens is 1. The molecular formula is C20H22FN3OS. The Hall–Kier alpha value is -2.18. The minimum Gasteiger partial charge on any atom is -0.350 e. The lowest BCUT2D eigenvalue weighted by Gasteiger charge is -2.21. The number of amides is 1. The van der Waals surface area contributed by atoms with Crippen molar-refractivity contribution in [1.82, 2.24) is 14.8 Å². The van der Waals surface area contributed by atoms with E-state index in [4.69, 9.17) is 0 Å². The van der Waals surface area contributed by atoms with Gasteiger partial charge in [0.25, 0.3) is 5.91 Å². The van der Waals surface area contributed by atoms with Crippen molar-refractivity contribution in [3.63, 3.8) is 0 Å². The van der Waals surface area contributed by atoms with Crippen molar-refractivity contribution in [2.45, 2.75) is 19.9 Å². The molecule has 4 nitrogen and oxygen atoms in total. The standard InChI is InChI=1S/C20H22FN3OS/c1-14-17-12-15(21)5-6-18(17)22-19(14)20(25)24-8-3-7-23(9-10-24)13-16-4-2-11-26-16/h2,4-6,11-12,22H,3,7-10,13H2,1H3. The average Bonchev–Trinajstić information content (AvgIpc) is 3.17. The average molecular weight is 371 g/mol. The summed E-state index contributed by atoms with van der Waals surface area (Å²) in [6, 6.07) is 8.84. The van der Waals surface area contributed by atoms with Gasteiger partial charge in [-0.3, -0.25) is 9.69 Å². The third-order valence-corrected chi connectivity index (χ3v) is 5.93. The van der Waals surface area contributed by atoms with Gasteiger partial charge in [-0.2, -0.15) is 0 Å². The van der Waals surface area contributed by atoms with E-state index in [0.717, 1.165) is 49.1 Å². The zero-order valence-corrected chi connectivity index (χ0v) is 15.6. The Bertz CT molecular complexity index is 919. The van der Waals surface area contributed by atoms with Gasteiger partial charge in [0.05, 0.1) is 0 Å². The van der Waals surface area contributed by atoms with Crippen molar-refractivity contribution in [3.05, 3.63) is 57.7 Å². The number of benzene rings is 1. The predicted octanol–water partition coefficient (Wildman–Crippen LogP) is 4.03. The van der Waals surface area contributed by atoms with Crippen molar-refractivity contribution >= 4 is 28.1 Å². The summed E-state index contributed by atoms with van der Waals surface area (Å²) in [6.07, 6.45) is 0.963. The predicted molar refractivity (Wildman–Crippen MR) is 103 cm³/mol. The number of fused-ring (bicyclic) bond motifs is 1. The third kappa shape index (κ3) is 3.39. The first-order valence-corrected chi connectivity index (χ1v) is 9.81. The van der Waals surface area contributed by atoms with E-state index < -0.39 is 0 Å². The molecule has 1 saturated heterocycles. The van der Waals surface area contributed by atoms with Crippen LogP contribution in [0.3, 0.4) is 0 Å². The molecule has 1 fully saturated rings. The summed E-state index contributed by atoms with van der Waals surface area (Å²) in [5.74, 6) is -0.269. The lowest BCUT2D eigenvalue weighted by atomic mass is 10.1. The van der Waals surface area contributed by atoms with Crippen LogP contribution >= 0.6 is 11.3 Å². The number of nitrogens with one attached hydrogen (secondary N) is 1. The minimum absolute atomic E-state index is 0.0112. The highest BCUT2D eigenvalue weighted by atomic mass is 32.1. The van der Waals surface area contributed by atoms with E-state index in [9.17, 15) is 9.18 Å². The molecule has 0 spiro atoms. The van der Waals surface area contributed by atoms with Crippen LogP contribution in [0.4, 0.5) is 4.39 Å². The molecule has 4 rings (SSSR count). The maximum absolute atomic E-state index is 13.5. The molecule has 3 heterocycles. The fourth-order valence-corrected chi connectivity index (χ4v) is 4.37. The van der Waals surface area contributed by atoms with Crippen LogP contribution in [0.15, 0.2) is 35.7 Å². The van der Waals surface area contributed by atoms with Crippen LogP contribution in [0.1, 0.15) is 27.3 Å².